The van der Waals surface area contributed by atoms with Crippen LogP contribution in [0.15, 0.2) is 53.3 Å². The average molecular weight is 349 g/mol. The third-order valence-corrected chi connectivity index (χ3v) is 5.28. The number of aryl methyl sites for hydroxylation is 1. The van der Waals surface area contributed by atoms with Crippen LogP contribution in [-0.2, 0) is 11.2 Å². The number of imidazole rings is 1. The van der Waals surface area contributed by atoms with Gasteiger partial charge in [-0.05, 0) is 37.5 Å². The Hall–Kier alpha value is -2.82. The fourth-order valence-corrected chi connectivity index (χ4v) is 3.80. The highest BCUT2D eigenvalue weighted by molar-refractivity contribution is 5.79. The smallest absolute Gasteiger partial charge is 0.326 e. The van der Waals surface area contributed by atoms with Crippen LogP contribution in [0.5, 0.6) is 0 Å². The summed E-state index contributed by atoms with van der Waals surface area (Å²) in [6, 6.07) is 16.0. The molecule has 5 nitrogen and oxygen atoms in total. The van der Waals surface area contributed by atoms with Gasteiger partial charge in [0.05, 0.1) is 17.5 Å². The standard InChI is InChI=1S/C21H23N3O2/c1-15-6-8-16(9-7-15)14-20(25)23-12-10-17(11-13-23)24-19-5-3-2-4-18(19)22-21(24)26/h2-9,17H,10-14H2,1H3,(H,22,26). The fourth-order valence-electron chi connectivity index (χ4n) is 3.80. The molecule has 0 bridgehead atoms. The lowest BCUT2D eigenvalue weighted by molar-refractivity contribution is -0.131. The van der Waals surface area contributed by atoms with Crippen molar-refractivity contribution in [2.75, 3.05) is 13.1 Å². The number of hydrogen-bond acceptors (Lipinski definition) is 2. The molecule has 26 heavy (non-hydrogen) atoms. The number of hydrogen-bond donors (Lipinski definition) is 1. The Bertz CT molecular complexity index is 976. The van der Waals surface area contributed by atoms with Gasteiger partial charge < -0.3 is 9.88 Å². The molecule has 0 spiro atoms. The van der Waals surface area contributed by atoms with Gasteiger partial charge in [-0.3, -0.25) is 9.36 Å². The highest BCUT2D eigenvalue weighted by atomic mass is 16.2. The van der Waals surface area contributed by atoms with Crippen molar-refractivity contribution in [2.45, 2.75) is 32.2 Å². The first-order valence-electron chi connectivity index (χ1n) is 9.14. The Balaban J connectivity index is 1.43. The van der Waals surface area contributed by atoms with E-state index in [1.54, 1.807) is 0 Å². The van der Waals surface area contributed by atoms with Crippen LogP contribution in [0, 0.1) is 6.92 Å². The zero-order valence-corrected chi connectivity index (χ0v) is 14.9. The van der Waals surface area contributed by atoms with Crippen molar-refractivity contribution < 1.29 is 4.79 Å². The number of H-pyrrole nitrogens is 1. The highest BCUT2D eigenvalue weighted by Crippen LogP contribution is 2.25. The molecule has 5 heteroatoms. The molecule has 3 aromatic rings. The Morgan fingerprint density at radius 2 is 1.77 bits per heavy atom. The predicted octanol–water partition coefficient (Wildman–Crippen LogP) is 3.04. The number of carbonyl (C=O) groups is 1. The quantitative estimate of drug-likeness (QED) is 0.790. The third-order valence-electron chi connectivity index (χ3n) is 5.28. The molecule has 134 valence electrons. The van der Waals surface area contributed by atoms with Gasteiger partial charge in [-0.2, -0.15) is 0 Å². The Kier molecular flexibility index (Phi) is 4.37. The lowest BCUT2D eigenvalue weighted by Gasteiger charge is -2.32. The Morgan fingerprint density at radius 1 is 1.08 bits per heavy atom. The summed E-state index contributed by atoms with van der Waals surface area (Å²) >= 11 is 0. The lowest BCUT2D eigenvalue weighted by atomic mass is 10.0. The Morgan fingerprint density at radius 3 is 2.50 bits per heavy atom. The van der Waals surface area contributed by atoms with E-state index >= 15 is 0 Å². The van der Waals surface area contributed by atoms with Gasteiger partial charge in [-0.1, -0.05) is 42.0 Å². The number of benzene rings is 2. The molecule has 1 N–H and O–H groups in total. The van der Waals surface area contributed by atoms with Gasteiger partial charge in [0.25, 0.3) is 0 Å². The molecule has 1 aliphatic rings. The van der Waals surface area contributed by atoms with Crippen molar-refractivity contribution in [3.8, 4) is 0 Å². The molecule has 0 saturated carbocycles. The van der Waals surface area contributed by atoms with Crippen molar-refractivity contribution in [3.63, 3.8) is 0 Å². The van der Waals surface area contributed by atoms with Crippen molar-refractivity contribution in [2.24, 2.45) is 0 Å². The molecule has 1 fully saturated rings. The molecule has 1 aromatic heterocycles. The van der Waals surface area contributed by atoms with Crippen molar-refractivity contribution in [3.05, 3.63) is 70.1 Å². The minimum absolute atomic E-state index is 0.0596. The fraction of sp³-hybridized carbons (Fsp3) is 0.333. The number of carbonyl (C=O) groups excluding carboxylic acids is 1. The number of fused-ring (bicyclic) bond motifs is 1. The number of rotatable bonds is 3. The predicted molar refractivity (Wildman–Crippen MR) is 102 cm³/mol. The van der Waals surface area contributed by atoms with Crippen LogP contribution in [0.4, 0.5) is 0 Å². The molecule has 2 heterocycles. The molecule has 0 unspecified atom stereocenters. The maximum absolute atomic E-state index is 12.6. The second-order valence-electron chi connectivity index (χ2n) is 7.09. The second-order valence-corrected chi connectivity index (χ2v) is 7.09. The van der Waals surface area contributed by atoms with E-state index in [-0.39, 0.29) is 17.6 Å². The molecule has 0 aliphatic carbocycles. The normalized spacial score (nSPS) is 15.5. The summed E-state index contributed by atoms with van der Waals surface area (Å²) in [6.45, 7) is 3.44. The molecule has 0 radical (unpaired) electrons. The summed E-state index contributed by atoms with van der Waals surface area (Å²) < 4.78 is 1.86. The second kappa shape index (κ2) is 6.83. The van der Waals surface area contributed by atoms with Crippen LogP contribution < -0.4 is 5.69 Å². The summed E-state index contributed by atoms with van der Waals surface area (Å²) in [5, 5.41) is 0. The van der Waals surface area contributed by atoms with Gasteiger partial charge in [0.15, 0.2) is 0 Å². The first-order chi connectivity index (χ1) is 12.6. The van der Waals surface area contributed by atoms with Crippen LogP contribution in [0.2, 0.25) is 0 Å². The molecule has 1 aliphatic heterocycles. The van der Waals surface area contributed by atoms with Gasteiger partial charge in [0.2, 0.25) is 5.91 Å². The van der Waals surface area contributed by atoms with Crippen molar-refractivity contribution >= 4 is 16.9 Å². The molecular weight excluding hydrogens is 326 g/mol. The van der Waals surface area contributed by atoms with E-state index in [1.807, 2.05) is 64.9 Å². The van der Waals surface area contributed by atoms with Crippen molar-refractivity contribution in [1.82, 2.24) is 14.5 Å². The molecule has 2 aromatic carbocycles. The van der Waals surface area contributed by atoms with E-state index in [0.717, 1.165) is 29.4 Å². The monoisotopic (exact) mass is 349 g/mol. The number of para-hydroxylation sites is 2. The minimum Gasteiger partial charge on any atom is -0.342 e. The van der Waals surface area contributed by atoms with E-state index in [4.69, 9.17) is 0 Å². The first-order valence-corrected chi connectivity index (χ1v) is 9.14. The maximum atomic E-state index is 12.6. The summed E-state index contributed by atoms with van der Waals surface area (Å²) in [4.78, 5) is 29.8. The zero-order valence-electron chi connectivity index (χ0n) is 14.9. The average Bonchev–Trinajstić information content (AvgIpc) is 2.99. The van der Waals surface area contributed by atoms with Crippen LogP contribution in [0.25, 0.3) is 11.0 Å². The number of amides is 1. The lowest BCUT2D eigenvalue weighted by Crippen LogP contribution is -2.41. The van der Waals surface area contributed by atoms with E-state index < -0.39 is 0 Å². The topological polar surface area (TPSA) is 58.1 Å². The zero-order chi connectivity index (χ0) is 18.1. The van der Waals surface area contributed by atoms with Crippen LogP contribution in [-0.4, -0.2) is 33.4 Å². The summed E-state index contributed by atoms with van der Waals surface area (Å²) in [5.74, 6) is 0.165. The first kappa shape index (κ1) is 16.6. The summed E-state index contributed by atoms with van der Waals surface area (Å²) in [7, 11) is 0. The highest BCUT2D eigenvalue weighted by Gasteiger charge is 2.25. The summed E-state index contributed by atoms with van der Waals surface area (Å²) in [5.41, 5.74) is 4.01. The number of aromatic nitrogens is 2. The van der Waals surface area contributed by atoms with Crippen LogP contribution in [0.1, 0.15) is 30.0 Å². The number of nitrogens with zero attached hydrogens (tertiary/aromatic N) is 2. The maximum Gasteiger partial charge on any atom is 0.326 e. The van der Waals surface area contributed by atoms with E-state index in [0.29, 0.717) is 19.5 Å². The summed E-state index contributed by atoms with van der Waals surface area (Å²) in [6.07, 6.45) is 2.06. The van der Waals surface area contributed by atoms with Gasteiger partial charge in [-0.25, -0.2) is 4.79 Å². The number of nitrogens with one attached hydrogen (secondary N) is 1. The van der Waals surface area contributed by atoms with Crippen LogP contribution >= 0.6 is 0 Å². The largest absolute Gasteiger partial charge is 0.342 e. The van der Waals surface area contributed by atoms with E-state index in [1.165, 1.54) is 5.56 Å². The third kappa shape index (κ3) is 3.17. The minimum atomic E-state index is -0.0596. The van der Waals surface area contributed by atoms with Crippen molar-refractivity contribution in [1.29, 1.82) is 0 Å². The van der Waals surface area contributed by atoms with E-state index in [2.05, 4.69) is 4.98 Å². The van der Waals surface area contributed by atoms with Crippen LogP contribution in [0.3, 0.4) is 0 Å². The molecule has 4 rings (SSSR count). The molecule has 1 saturated heterocycles. The molecule has 1 amide bonds. The van der Waals surface area contributed by atoms with Gasteiger partial charge >= 0.3 is 5.69 Å². The molecule has 0 atom stereocenters. The van der Waals surface area contributed by atoms with Gasteiger partial charge in [0, 0.05) is 19.1 Å². The molecular formula is C21H23N3O2. The van der Waals surface area contributed by atoms with Gasteiger partial charge in [0.1, 0.15) is 0 Å². The SMILES string of the molecule is Cc1ccc(CC(=O)N2CCC(n3c(=O)[nH]c4ccccc43)CC2)cc1. The number of aromatic amines is 1. The number of piperidine rings is 1. The Labute approximate surface area is 152 Å². The van der Waals surface area contributed by atoms with Gasteiger partial charge in [-0.15, -0.1) is 0 Å². The van der Waals surface area contributed by atoms with E-state index in [9.17, 15) is 9.59 Å². The number of likely N-dealkylation sites (tertiary alicyclic amines) is 1.